The molecule has 0 aromatic heterocycles. The molecule has 3 rings (SSSR count). The molecule has 11 atom stereocenters. The van der Waals surface area contributed by atoms with E-state index in [1.54, 1.807) is 0 Å². The quantitative estimate of drug-likeness (QED) is 0.185. The van der Waals surface area contributed by atoms with Crippen molar-refractivity contribution < 1.29 is 54.7 Å². The summed E-state index contributed by atoms with van der Waals surface area (Å²) in [6.07, 6.45) is -10.8. The Morgan fingerprint density at radius 1 is 1.00 bits per heavy atom. The highest BCUT2D eigenvalue weighted by molar-refractivity contribution is 7.80. The van der Waals surface area contributed by atoms with E-state index in [-0.39, 0.29) is 6.61 Å². The van der Waals surface area contributed by atoms with Gasteiger partial charge in [0.2, 0.25) is 0 Å². The number of rotatable bonds is 7. The molecule has 0 aromatic rings. The summed E-state index contributed by atoms with van der Waals surface area (Å²) >= 11 is 3.99. The van der Waals surface area contributed by atoms with E-state index in [0.29, 0.717) is 5.75 Å². The highest BCUT2D eigenvalue weighted by Crippen LogP contribution is 2.54. The van der Waals surface area contributed by atoms with Gasteiger partial charge >= 0.3 is 0 Å². The molecule has 0 aromatic carbocycles. The average Bonchev–Trinajstić information content (AvgIpc) is 3.23. The molecule has 1 saturated carbocycles. The maximum absolute atomic E-state index is 10.8. The molecule has 0 spiro atoms. The Kier molecular flexibility index (Phi) is 6.62. The van der Waals surface area contributed by atoms with Crippen molar-refractivity contribution in [1.82, 2.24) is 0 Å². The van der Waals surface area contributed by atoms with E-state index >= 15 is 0 Å². The van der Waals surface area contributed by atoms with Gasteiger partial charge in [0.25, 0.3) is 0 Å². The predicted octanol–water partition coefficient (Wildman–Crippen LogP) is -4.05. The van der Waals surface area contributed by atoms with E-state index in [9.17, 15) is 35.7 Å². The van der Waals surface area contributed by atoms with E-state index in [1.165, 1.54) is 6.92 Å². The fourth-order valence-electron chi connectivity index (χ4n) is 4.04. The molecule has 7 unspecified atom stereocenters. The van der Waals surface area contributed by atoms with Crippen molar-refractivity contribution in [2.75, 3.05) is 25.6 Å². The Labute approximate surface area is 166 Å². The van der Waals surface area contributed by atoms with Crippen LogP contribution >= 0.6 is 12.6 Å². The number of aliphatic hydroxyl groups is 7. The minimum atomic E-state index is -1.97. The molecule has 2 heterocycles. The lowest BCUT2D eigenvalue weighted by Gasteiger charge is -2.49. The second-order valence-corrected chi connectivity index (χ2v) is 8.02. The standard InChI is InChI=1S/C16H28O11S/c1-15(22)11(21)14(24-2-3-28)25-6(4-17)12(15)27-13-9(19)8-10(20)16(8,23)7(5-18)26-13/h6-14,17-23,28H,2-5H2,1H3/t6?,7?,8?,9?,10?,11?,12-,13+,14-,15?,16-/m1/s1. The van der Waals surface area contributed by atoms with Crippen molar-refractivity contribution in [2.24, 2.45) is 5.92 Å². The molecule has 12 heteroatoms. The zero-order valence-corrected chi connectivity index (χ0v) is 16.1. The molecule has 1 aliphatic carbocycles. The summed E-state index contributed by atoms with van der Waals surface area (Å²) in [7, 11) is 0. The Morgan fingerprint density at radius 2 is 1.68 bits per heavy atom. The predicted molar refractivity (Wildman–Crippen MR) is 93.3 cm³/mol. The van der Waals surface area contributed by atoms with Crippen LogP contribution in [-0.4, -0.2) is 122 Å². The van der Waals surface area contributed by atoms with Gasteiger partial charge in [0, 0.05) is 5.75 Å². The smallest absolute Gasteiger partial charge is 0.186 e. The summed E-state index contributed by atoms with van der Waals surface area (Å²) in [4.78, 5) is 0. The van der Waals surface area contributed by atoms with Crippen LogP contribution < -0.4 is 0 Å². The van der Waals surface area contributed by atoms with E-state index in [0.717, 1.165) is 0 Å². The van der Waals surface area contributed by atoms with E-state index < -0.39 is 79.5 Å². The van der Waals surface area contributed by atoms with Gasteiger partial charge in [0.05, 0.1) is 31.8 Å². The van der Waals surface area contributed by atoms with Crippen LogP contribution in [0.15, 0.2) is 0 Å². The number of hydrogen-bond acceptors (Lipinski definition) is 12. The van der Waals surface area contributed by atoms with Gasteiger partial charge in [-0.1, -0.05) is 0 Å². The molecule has 2 aliphatic heterocycles. The van der Waals surface area contributed by atoms with Gasteiger partial charge < -0.3 is 54.7 Å². The number of hydrogen-bond donors (Lipinski definition) is 8. The summed E-state index contributed by atoms with van der Waals surface area (Å²) in [5.41, 5.74) is -3.76. The van der Waals surface area contributed by atoms with Gasteiger partial charge in [-0.3, -0.25) is 0 Å². The zero-order valence-electron chi connectivity index (χ0n) is 15.2. The highest BCUT2D eigenvalue weighted by atomic mass is 32.1. The molecule has 7 N–H and O–H groups in total. The topological polar surface area (TPSA) is 179 Å². The van der Waals surface area contributed by atoms with Crippen molar-refractivity contribution in [3.63, 3.8) is 0 Å². The molecule has 0 bridgehead atoms. The minimum absolute atomic E-state index is 0.130. The number of thiol groups is 1. The number of aliphatic hydroxyl groups excluding tert-OH is 5. The van der Waals surface area contributed by atoms with Crippen molar-refractivity contribution in [3.8, 4) is 0 Å². The van der Waals surface area contributed by atoms with Gasteiger partial charge in [-0.15, -0.1) is 0 Å². The highest BCUT2D eigenvalue weighted by Gasteiger charge is 2.75. The van der Waals surface area contributed by atoms with Crippen LogP contribution in [0, 0.1) is 5.92 Å². The van der Waals surface area contributed by atoms with Crippen LogP contribution in [0.2, 0.25) is 0 Å². The molecule has 2 saturated heterocycles. The monoisotopic (exact) mass is 428 g/mol. The van der Waals surface area contributed by atoms with Crippen LogP contribution in [0.4, 0.5) is 0 Å². The summed E-state index contributed by atoms with van der Waals surface area (Å²) < 4.78 is 21.8. The van der Waals surface area contributed by atoms with Gasteiger partial charge in [-0.05, 0) is 6.92 Å². The van der Waals surface area contributed by atoms with Gasteiger partial charge in [-0.2, -0.15) is 12.6 Å². The summed E-state index contributed by atoms with van der Waals surface area (Å²) in [6, 6.07) is 0. The third kappa shape index (κ3) is 3.49. The lowest BCUT2D eigenvalue weighted by atomic mass is 9.85. The summed E-state index contributed by atoms with van der Waals surface area (Å²) in [5, 5.41) is 71.0. The number of fused-ring (bicyclic) bond motifs is 1. The zero-order chi connectivity index (χ0) is 20.9. The molecule has 0 amide bonds. The Morgan fingerprint density at radius 3 is 2.25 bits per heavy atom. The van der Waals surface area contributed by atoms with Crippen LogP contribution in [0.5, 0.6) is 0 Å². The van der Waals surface area contributed by atoms with Crippen molar-refractivity contribution >= 4 is 12.6 Å². The second-order valence-electron chi connectivity index (χ2n) is 7.57. The fraction of sp³-hybridized carbons (Fsp3) is 1.00. The maximum atomic E-state index is 10.8. The molecular weight excluding hydrogens is 400 g/mol. The molecule has 3 fully saturated rings. The first-order valence-electron chi connectivity index (χ1n) is 9.04. The first-order valence-corrected chi connectivity index (χ1v) is 9.67. The first kappa shape index (κ1) is 22.6. The molecule has 28 heavy (non-hydrogen) atoms. The van der Waals surface area contributed by atoms with E-state index in [2.05, 4.69) is 12.6 Å². The largest absolute Gasteiger partial charge is 0.394 e. The SMILES string of the molecule is CC1(O)C(O)[C@H](OCCS)OC(CO)[C@H]1O[C@@H]1OC(CO)[C@]2(O)C(O)C2C1O. The van der Waals surface area contributed by atoms with Crippen LogP contribution in [0.1, 0.15) is 6.92 Å². The van der Waals surface area contributed by atoms with Gasteiger partial charge in [0.15, 0.2) is 12.6 Å². The summed E-state index contributed by atoms with van der Waals surface area (Å²) in [6.45, 7) is 0.146. The van der Waals surface area contributed by atoms with Crippen LogP contribution in [0.3, 0.4) is 0 Å². The fourth-order valence-corrected chi connectivity index (χ4v) is 4.14. The van der Waals surface area contributed by atoms with E-state index in [4.69, 9.17) is 18.9 Å². The molecule has 0 radical (unpaired) electrons. The first-order chi connectivity index (χ1) is 13.1. The lowest BCUT2D eigenvalue weighted by Crippen LogP contribution is -2.68. The van der Waals surface area contributed by atoms with Crippen molar-refractivity contribution in [1.29, 1.82) is 0 Å². The molecule has 3 aliphatic rings. The maximum Gasteiger partial charge on any atom is 0.186 e. The van der Waals surface area contributed by atoms with Crippen molar-refractivity contribution in [3.05, 3.63) is 0 Å². The van der Waals surface area contributed by atoms with E-state index in [1.807, 2.05) is 0 Å². The van der Waals surface area contributed by atoms with Gasteiger partial charge in [0.1, 0.15) is 41.7 Å². The average molecular weight is 428 g/mol. The normalized spacial score (nSPS) is 53.7. The lowest BCUT2D eigenvalue weighted by molar-refractivity contribution is -0.370. The molecule has 164 valence electrons. The number of ether oxygens (including phenoxy) is 4. The molecule has 11 nitrogen and oxygen atoms in total. The van der Waals surface area contributed by atoms with Crippen LogP contribution in [-0.2, 0) is 18.9 Å². The molecular formula is C16H28O11S. The third-order valence-corrected chi connectivity index (χ3v) is 5.96. The minimum Gasteiger partial charge on any atom is -0.394 e. The Hall–Kier alpha value is -0.0900. The Balaban J connectivity index is 1.76. The Bertz CT molecular complexity index is 547. The second kappa shape index (κ2) is 8.21. The van der Waals surface area contributed by atoms with Crippen LogP contribution in [0.25, 0.3) is 0 Å². The van der Waals surface area contributed by atoms with Gasteiger partial charge in [-0.25, -0.2) is 0 Å². The third-order valence-electron chi connectivity index (χ3n) is 5.78. The van der Waals surface area contributed by atoms with Crippen molar-refractivity contribution in [2.45, 2.75) is 67.3 Å². The summed E-state index contributed by atoms with van der Waals surface area (Å²) in [5.74, 6) is -0.669.